The lowest BCUT2D eigenvalue weighted by molar-refractivity contribution is 0.193. The Morgan fingerprint density at radius 1 is 0.818 bits per heavy atom. The van der Waals surface area contributed by atoms with E-state index in [9.17, 15) is 18.3 Å². The predicted octanol–water partition coefficient (Wildman–Crippen LogP) is 8.01. The third-order valence-corrected chi connectivity index (χ3v) is 7.52. The first-order valence-corrected chi connectivity index (χ1v) is 11.8. The van der Waals surface area contributed by atoms with Gasteiger partial charge in [0, 0.05) is 22.6 Å². The van der Waals surface area contributed by atoms with Gasteiger partial charge in [-0.2, -0.15) is 0 Å². The van der Waals surface area contributed by atoms with Gasteiger partial charge in [0.2, 0.25) is 0 Å². The lowest BCUT2D eigenvalue weighted by Crippen LogP contribution is -2.22. The van der Waals surface area contributed by atoms with Crippen LogP contribution in [0.2, 0.25) is 0 Å². The summed E-state index contributed by atoms with van der Waals surface area (Å²) in [6, 6.07) is 5.14. The quantitative estimate of drug-likeness (QED) is 0.355. The molecule has 2 aliphatic carbocycles. The van der Waals surface area contributed by atoms with Crippen molar-refractivity contribution in [2.75, 3.05) is 0 Å². The molecule has 2 aromatic rings. The molecular formula is C28H30F4O. The number of aliphatic hydroxyl groups excluding tert-OH is 1. The van der Waals surface area contributed by atoms with Crippen LogP contribution < -0.4 is 0 Å². The van der Waals surface area contributed by atoms with Gasteiger partial charge in [-0.25, -0.2) is 17.6 Å². The van der Waals surface area contributed by atoms with E-state index < -0.39 is 29.4 Å². The number of hydrogen-bond donors (Lipinski definition) is 1. The van der Waals surface area contributed by atoms with E-state index in [1.807, 2.05) is 12.2 Å². The summed E-state index contributed by atoms with van der Waals surface area (Å²) in [7, 11) is 0. The highest BCUT2D eigenvalue weighted by Gasteiger charge is 2.30. The summed E-state index contributed by atoms with van der Waals surface area (Å²) in [5.41, 5.74) is -0.688. The predicted molar refractivity (Wildman–Crippen MR) is 123 cm³/mol. The summed E-state index contributed by atoms with van der Waals surface area (Å²) in [6.45, 7) is 5.20. The Balaban J connectivity index is 1.54. The summed E-state index contributed by atoms with van der Waals surface area (Å²) < 4.78 is 58.8. The number of aliphatic hydroxyl groups is 1. The van der Waals surface area contributed by atoms with Crippen molar-refractivity contribution in [1.29, 1.82) is 0 Å². The second kappa shape index (κ2) is 9.84. The molecule has 2 aromatic carbocycles. The minimum Gasteiger partial charge on any atom is -0.389 e. The molecule has 1 fully saturated rings. The molecule has 33 heavy (non-hydrogen) atoms. The molecule has 4 rings (SSSR count). The van der Waals surface area contributed by atoms with Gasteiger partial charge in [0.25, 0.3) is 0 Å². The van der Waals surface area contributed by atoms with Gasteiger partial charge in [-0.05, 0) is 68.8 Å². The Hall–Kier alpha value is -2.40. The normalized spacial score (nSPS) is 26.2. The van der Waals surface area contributed by atoms with Crippen molar-refractivity contribution in [2.24, 2.45) is 17.8 Å². The van der Waals surface area contributed by atoms with Gasteiger partial charge in [-0.1, -0.05) is 42.5 Å². The summed E-state index contributed by atoms with van der Waals surface area (Å²) in [4.78, 5) is 0. The third kappa shape index (κ3) is 4.65. The zero-order chi connectivity index (χ0) is 23.7. The topological polar surface area (TPSA) is 20.2 Å². The van der Waals surface area contributed by atoms with Crippen molar-refractivity contribution >= 4 is 0 Å². The molecule has 176 valence electrons. The number of allylic oxidation sites excluding steroid dienone is 3. The van der Waals surface area contributed by atoms with Crippen LogP contribution in [0.5, 0.6) is 0 Å². The number of halogens is 4. The molecule has 3 atom stereocenters. The fraction of sp³-hybridized carbons (Fsp3) is 0.429. The fourth-order valence-electron chi connectivity index (χ4n) is 5.46. The van der Waals surface area contributed by atoms with Crippen molar-refractivity contribution < 1.29 is 22.7 Å². The first-order chi connectivity index (χ1) is 15.8. The van der Waals surface area contributed by atoms with E-state index in [1.165, 1.54) is 56.9 Å². The maximum atomic E-state index is 15.0. The van der Waals surface area contributed by atoms with E-state index >= 15 is 4.39 Å². The minimum atomic E-state index is -1.30. The lowest BCUT2D eigenvalue weighted by atomic mass is 9.71. The van der Waals surface area contributed by atoms with Crippen molar-refractivity contribution in [3.63, 3.8) is 0 Å². The molecule has 0 heterocycles. The zero-order valence-electron chi connectivity index (χ0n) is 18.8. The average Bonchev–Trinajstić information content (AvgIpc) is 2.83. The fourth-order valence-corrected chi connectivity index (χ4v) is 5.46. The van der Waals surface area contributed by atoms with Gasteiger partial charge in [-0.3, -0.25) is 0 Å². The Bertz CT molecular complexity index is 1050. The Kier molecular flexibility index (Phi) is 7.08. The molecule has 0 aromatic heterocycles. The highest BCUT2D eigenvalue weighted by atomic mass is 19.2. The standard InChI is InChI=1S/C28H30F4O/c1-3-17-4-6-18(7-5-17)19-8-10-20(11-9-19)22-13-15-24(28(32)26(22)30)23-14-12-21(16(2)33)25(29)27(23)31/h3,8,10,12-20,33H,1,4-7,9,11H2,2H3. The summed E-state index contributed by atoms with van der Waals surface area (Å²) in [5.74, 6) is -3.30. The summed E-state index contributed by atoms with van der Waals surface area (Å²) >= 11 is 0. The van der Waals surface area contributed by atoms with Crippen LogP contribution in [0.4, 0.5) is 17.6 Å². The molecule has 0 spiro atoms. The molecule has 0 aliphatic heterocycles. The van der Waals surface area contributed by atoms with E-state index in [4.69, 9.17) is 0 Å². The summed E-state index contributed by atoms with van der Waals surface area (Å²) in [5, 5.41) is 9.54. The van der Waals surface area contributed by atoms with Gasteiger partial charge in [0.1, 0.15) is 0 Å². The number of rotatable bonds is 5. The van der Waals surface area contributed by atoms with Gasteiger partial charge in [0.15, 0.2) is 23.3 Å². The van der Waals surface area contributed by atoms with Crippen LogP contribution in [0, 0.1) is 41.0 Å². The molecule has 0 radical (unpaired) electrons. The smallest absolute Gasteiger partial charge is 0.167 e. The maximum Gasteiger partial charge on any atom is 0.167 e. The molecule has 0 bridgehead atoms. The number of hydrogen-bond acceptors (Lipinski definition) is 1. The maximum absolute atomic E-state index is 15.0. The average molecular weight is 459 g/mol. The van der Waals surface area contributed by atoms with Crippen LogP contribution in [0.25, 0.3) is 11.1 Å². The number of benzene rings is 2. The zero-order valence-corrected chi connectivity index (χ0v) is 18.8. The van der Waals surface area contributed by atoms with Gasteiger partial charge < -0.3 is 5.11 Å². The van der Waals surface area contributed by atoms with Crippen molar-refractivity contribution in [2.45, 2.75) is 57.5 Å². The monoisotopic (exact) mass is 458 g/mol. The third-order valence-electron chi connectivity index (χ3n) is 7.52. The largest absolute Gasteiger partial charge is 0.389 e. The van der Waals surface area contributed by atoms with Crippen LogP contribution in [0.15, 0.2) is 49.1 Å². The van der Waals surface area contributed by atoms with Crippen LogP contribution >= 0.6 is 0 Å². The van der Waals surface area contributed by atoms with Crippen molar-refractivity contribution in [1.82, 2.24) is 0 Å². The molecular weight excluding hydrogens is 428 g/mol. The SMILES string of the molecule is C=CC1CCC(C2C=CC(c3ccc(-c4ccc(C(C)O)c(F)c4F)c(F)c3F)CC2)CC1. The van der Waals surface area contributed by atoms with Crippen LogP contribution in [-0.4, -0.2) is 5.11 Å². The minimum absolute atomic E-state index is 0.228. The van der Waals surface area contributed by atoms with E-state index in [0.29, 0.717) is 17.8 Å². The van der Waals surface area contributed by atoms with E-state index in [1.54, 1.807) is 0 Å². The van der Waals surface area contributed by atoms with E-state index in [0.717, 1.165) is 12.8 Å². The first kappa shape index (κ1) is 23.7. The van der Waals surface area contributed by atoms with E-state index in [-0.39, 0.29) is 28.2 Å². The van der Waals surface area contributed by atoms with Crippen molar-refractivity contribution in [3.8, 4) is 11.1 Å². The van der Waals surface area contributed by atoms with Crippen LogP contribution in [0.3, 0.4) is 0 Å². The Labute approximate surface area is 192 Å². The molecule has 0 amide bonds. The first-order valence-electron chi connectivity index (χ1n) is 11.8. The molecule has 2 aliphatic rings. The van der Waals surface area contributed by atoms with Crippen LogP contribution in [0.1, 0.15) is 68.6 Å². The Morgan fingerprint density at radius 3 is 2.03 bits per heavy atom. The van der Waals surface area contributed by atoms with E-state index in [2.05, 4.69) is 12.7 Å². The van der Waals surface area contributed by atoms with Crippen molar-refractivity contribution in [3.05, 3.63) is 83.5 Å². The second-order valence-electron chi connectivity index (χ2n) is 9.48. The lowest BCUT2D eigenvalue weighted by Gasteiger charge is -2.34. The Morgan fingerprint density at radius 2 is 1.45 bits per heavy atom. The molecule has 1 nitrogen and oxygen atoms in total. The molecule has 3 unspecified atom stereocenters. The highest BCUT2D eigenvalue weighted by Crippen LogP contribution is 2.42. The second-order valence-corrected chi connectivity index (χ2v) is 9.48. The highest BCUT2D eigenvalue weighted by molar-refractivity contribution is 5.66. The van der Waals surface area contributed by atoms with Gasteiger partial charge in [-0.15, -0.1) is 6.58 Å². The molecule has 5 heteroatoms. The summed E-state index contributed by atoms with van der Waals surface area (Å²) in [6.07, 6.45) is 11.3. The van der Waals surface area contributed by atoms with Gasteiger partial charge >= 0.3 is 0 Å². The van der Waals surface area contributed by atoms with Crippen LogP contribution in [-0.2, 0) is 0 Å². The van der Waals surface area contributed by atoms with Gasteiger partial charge in [0.05, 0.1) is 6.10 Å². The molecule has 1 saturated carbocycles. The molecule has 1 N–H and O–H groups in total. The molecule has 0 saturated heterocycles.